The zero-order valence-electron chi connectivity index (χ0n) is 9.49. The van der Waals surface area contributed by atoms with E-state index >= 15 is 0 Å². The van der Waals surface area contributed by atoms with E-state index in [2.05, 4.69) is 48.0 Å². The molecule has 1 aromatic heterocycles. The Bertz CT molecular complexity index is 693. The number of anilines is 1. The average Bonchev–Trinajstić information content (AvgIpc) is 2.59. The Hall–Kier alpha value is -1.96. The van der Waals surface area contributed by atoms with Gasteiger partial charge in [0.2, 0.25) is 0 Å². The predicted octanol–water partition coefficient (Wildman–Crippen LogP) is 3.22. The van der Waals surface area contributed by atoms with Crippen LogP contribution < -0.4 is 5.73 Å². The summed E-state index contributed by atoms with van der Waals surface area (Å²) in [4.78, 5) is 0. The molecule has 0 amide bonds. The average molecular weight is 210 g/mol. The molecule has 0 radical (unpaired) electrons. The molecule has 0 saturated heterocycles. The first-order chi connectivity index (χ1) is 7.70. The highest BCUT2D eigenvalue weighted by Crippen LogP contribution is 2.32. The standard InChI is InChI=1S/C14H14N2/c1-9-7-8-11-10-5-3-4-6-12(10)16(2)14(11)13(9)15/h3-8H,15H2,1-2H3. The molecule has 0 spiro atoms. The van der Waals surface area contributed by atoms with Gasteiger partial charge < -0.3 is 10.3 Å². The Morgan fingerprint density at radius 2 is 1.75 bits per heavy atom. The summed E-state index contributed by atoms with van der Waals surface area (Å²) in [5, 5.41) is 2.51. The molecule has 0 aliphatic heterocycles. The molecule has 0 aliphatic carbocycles. The van der Waals surface area contributed by atoms with Gasteiger partial charge in [0.25, 0.3) is 0 Å². The van der Waals surface area contributed by atoms with Crippen LogP contribution in [0.15, 0.2) is 36.4 Å². The van der Waals surface area contributed by atoms with Gasteiger partial charge in [-0.15, -0.1) is 0 Å². The Morgan fingerprint density at radius 1 is 1.00 bits per heavy atom. The van der Waals surface area contributed by atoms with Crippen LogP contribution in [0.1, 0.15) is 5.56 Å². The normalized spacial score (nSPS) is 11.4. The molecular weight excluding hydrogens is 196 g/mol. The first-order valence-electron chi connectivity index (χ1n) is 5.42. The molecule has 2 nitrogen and oxygen atoms in total. The molecular formula is C14H14N2. The van der Waals surface area contributed by atoms with Crippen molar-refractivity contribution in [1.29, 1.82) is 0 Å². The molecule has 0 unspecified atom stereocenters. The number of hydrogen-bond donors (Lipinski definition) is 1. The van der Waals surface area contributed by atoms with E-state index in [1.807, 2.05) is 6.92 Å². The van der Waals surface area contributed by atoms with E-state index in [1.165, 1.54) is 16.3 Å². The van der Waals surface area contributed by atoms with Crippen molar-refractivity contribution in [2.45, 2.75) is 6.92 Å². The minimum atomic E-state index is 0.885. The fraction of sp³-hybridized carbons (Fsp3) is 0.143. The number of aryl methyl sites for hydroxylation is 2. The van der Waals surface area contributed by atoms with Crippen LogP contribution in [-0.2, 0) is 7.05 Å². The number of nitrogens with two attached hydrogens (primary N) is 1. The Labute approximate surface area is 94.3 Å². The largest absolute Gasteiger partial charge is 0.397 e. The molecule has 0 saturated carbocycles. The fourth-order valence-corrected chi connectivity index (χ4v) is 2.40. The SMILES string of the molecule is Cc1ccc2c3ccccc3n(C)c2c1N. The second-order valence-corrected chi connectivity index (χ2v) is 4.27. The molecule has 2 N–H and O–H groups in total. The van der Waals surface area contributed by atoms with Crippen molar-refractivity contribution >= 4 is 27.5 Å². The van der Waals surface area contributed by atoms with Gasteiger partial charge in [0.05, 0.1) is 11.2 Å². The summed E-state index contributed by atoms with van der Waals surface area (Å²) in [6, 6.07) is 12.6. The molecule has 0 aliphatic rings. The molecule has 2 heteroatoms. The lowest BCUT2D eigenvalue weighted by molar-refractivity contribution is 1.01. The molecule has 2 aromatic carbocycles. The van der Waals surface area contributed by atoms with Crippen molar-refractivity contribution in [2.75, 3.05) is 5.73 Å². The smallest absolute Gasteiger partial charge is 0.0725 e. The van der Waals surface area contributed by atoms with Gasteiger partial charge in [0.1, 0.15) is 0 Å². The molecule has 3 rings (SSSR count). The van der Waals surface area contributed by atoms with Crippen LogP contribution in [0, 0.1) is 6.92 Å². The summed E-state index contributed by atoms with van der Waals surface area (Å²) < 4.78 is 2.17. The number of hydrogen-bond acceptors (Lipinski definition) is 1. The topological polar surface area (TPSA) is 30.9 Å². The lowest BCUT2D eigenvalue weighted by Gasteiger charge is -2.04. The van der Waals surface area contributed by atoms with Gasteiger partial charge in [-0.3, -0.25) is 0 Å². The number of rotatable bonds is 0. The van der Waals surface area contributed by atoms with Crippen molar-refractivity contribution in [3.63, 3.8) is 0 Å². The number of aromatic nitrogens is 1. The summed E-state index contributed by atoms with van der Waals surface area (Å²) in [6.45, 7) is 2.05. The molecule has 1 heterocycles. The quantitative estimate of drug-likeness (QED) is 0.567. The maximum Gasteiger partial charge on any atom is 0.0725 e. The first-order valence-corrected chi connectivity index (χ1v) is 5.42. The highest BCUT2D eigenvalue weighted by atomic mass is 14.9. The van der Waals surface area contributed by atoms with Gasteiger partial charge in [-0.1, -0.05) is 30.3 Å². The van der Waals surface area contributed by atoms with Crippen LogP contribution in [-0.4, -0.2) is 4.57 Å². The lowest BCUT2D eigenvalue weighted by Crippen LogP contribution is -1.95. The van der Waals surface area contributed by atoms with Crippen molar-refractivity contribution in [2.24, 2.45) is 7.05 Å². The van der Waals surface area contributed by atoms with Crippen LogP contribution in [0.25, 0.3) is 21.8 Å². The number of benzene rings is 2. The summed E-state index contributed by atoms with van der Waals surface area (Å²) in [7, 11) is 2.07. The van der Waals surface area contributed by atoms with Crippen molar-refractivity contribution < 1.29 is 0 Å². The number of para-hydroxylation sites is 1. The van der Waals surface area contributed by atoms with Gasteiger partial charge in [-0.2, -0.15) is 0 Å². The molecule has 16 heavy (non-hydrogen) atoms. The van der Waals surface area contributed by atoms with Crippen molar-refractivity contribution in [3.05, 3.63) is 42.0 Å². The van der Waals surface area contributed by atoms with Gasteiger partial charge >= 0.3 is 0 Å². The zero-order chi connectivity index (χ0) is 11.3. The molecule has 0 fully saturated rings. The Kier molecular flexibility index (Phi) is 1.75. The highest BCUT2D eigenvalue weighted by Gasteiger charge is 2.10. The second kappa shape index (κ2) is 3.01. The predicted molar refractivity (Wildman–Crippen MR) is 69.6 cm³/mol. The number of nitrogen functional groups attached to an aromatic ring is 1. The van der Waals surface area contributed by atoms with E-state index in [1.54, 1.807) is 0 Å². The van der Waals surface area contributed by atoms with Crippen LogP contribution in [0.3, 0.4) is 0 Å². The second-order valence-electron chi connectivity index (χ2n) is 4.27. The van der Waals surface area contributed by atoms with Crippen molar-refractivity contribution in [1.82, 2.24) is 4.57 Å². The van der Waals surface area contributed by atoms with Crippen LogP contribution >= 0.6 is 0 Å². The molecule has 0 atom stereocenters. The van der Waals surface area contributed by atoms with Crippen LogP contribution in [0.4, 0.5) is 5.69 Å². The van der Waals surface area contributed by atoms with Gasteiger partial charge in [0.15, 0.2) is 0 Å². The van der Waals surface area contributed by atoms with E-state index in [-0.39, 0.29) is 0 Å². The van der Waals surface area contributed by atoms with E-state index in [0.717, 1.165) is 16.8 Å². The third-order valence-electron chi connectivity index (χ3n) is 3.33. The van der Waals surface area contributed by atoms with E-state index in [0.29, 0.717) is 0 Å². The lowest BCUT2D eigenvalue weighted by atomic mass is 10.1. The minimum absolute atomic E-state index is 0.885. The maximum atomic E-state index is 6.16. The summed E-state index contributed by atoms with van der Waals surface area (Å²) in [6.07, 6.45) is 0. The fourth-order valence-electron chi connectivity index (χ4n) is 2.40. The van der Waals surface area contributed by atoms with E-state index in [9.17, 15) is 0 Å². The third kappa shape index (κ3) is 1.01. The Morgan fingerprint density at radius 3 is 2.56 bits per heavy atom. The van der Waals surface area contributed by atoms with Crippen molar-refractivity contribution in [3.8, 4) is 0 Å². The summed E-state index contributed by atoms with van der Waals surface area (Å²) in [5.74, 6) is 0. The maximum absolute atomic E-state index is 6.16. The first kappa shape index (κ1) is 9.28. The molecule has 0 bridgehead atoms. The molecule has 80 valence electrons. The van der Waals surface area contributed by atoms with Gasteiger partial charge in [-0.05, 0) is 18.6 Å². The zero-order valence-corrected chi connectivity index (χ0v) is 9.49. The molecule has 3 aromatic rings. The summed E-state index contributed by atoms with van der Waals surface area (Å²) >= 11 is 0. The van der Waals surface area contributed by atoms with E-state index < -0.39 is 0 Å². The minimum Gasteiger partial charge on any atom is -0.397 e. The number of nitrogens with zero attached hydrogens (tertiary/aromatic N) is 1. The highest BCUT2D eigenvalue weighted by molar-refractivity contribution is 6.12. The van der Waals surface area contributed by atoms with Gasteiger partial charge in [0, 0.05) is 23.3 Å². The monoisotopic (exact) mass is 210 g/mol. The van der Waals surface area contributed by atoms with Gasteiger partial charge in [-0.25, -0.2) is 0 Å². The third-order valence-corrected chi connectivity index (χ3v) is 3.33. The Balaban J connectivity index is 2.67. The van der Waals surface area contributed by atoms with E-state index in [4.69, 9.17) is 5.73 Å². The number of fused-ring (bicyclic) bond motifs is 3. The van der Waals surface area contributed by atoms with Crippen LogP contribution in [0.2, 0.25) is 0 Å². The van der Waals surface area contributed by atoms with Crippen LogP contribution in [0.5, 0.6) is 0 Å². The summed E-state index contributed by atoms with van der Waals surface area (Å²) in [5.41, 5.74) is 10.6.